The SMILES string of the molecule is CS(=O)CCNC(=O)Nc1cccc(N)c1. The van der Waals surface area contributed by atoms with Gasteiger partial charge in [0.1, 0.15) is 0 Å². The lowest BCUT2D eigenvalue weighted by molar-refractivity contribution is 0.252. The van der Waals surface area contributed by atoms with Crippen LogP contribution in [0, 0.1) is 0 Å². The quantitative estimate of drug-likeness (QED) is 0.681. The van der Waals surface area contributed by atoms with Gasteiger partial charge >= 0.3 is 6.03 Å². The second-order valence-corrected chi connectivity index (χ2v) is 4.84. The molecule has 88 valence electrons. The highest BCUT2D eigenvalue weighted by Crippen LogP contribution is 2.11. The number of hydrogen-bond acceptors (Lipinski definition) is 3. The van der Waals surface area contributed by atoms with Crippen molar-refractivity contribution in [3.63, 3.8) is 0 Å². The van der Waals surface area contributed by atoms with Gasteiger partial charge in [0.15, 0.2) is 0 Å². The van der Waals surface area contributed by atoms with Gasteiger partial charge in [-0.3, -0.25) is 4.21 Å². The molecule has 1 unspecified atom stereocenters. The largest absolute Gasteiger partial charge is 0.399 e. The molecular weight excluding hydrogens is 226 g/mol. The van der Waals surface area contributed by atoms with Crippen LogP contribution in [0.1, 0.15) is 0 Å². The van der Waals surface area contributed by atoms with Gasteiger partial charge in [-0.15, -0.1) is 0 Å². The van der Waals surface area contributed by atoms with Crippen LogP contribution in [-0.4, -0.2) is 28.8 Å². The van der Waals surface area contributed by atoms with Gasteiger partial charge < -0.3 is 16.4 Å². The topological polar surface area (TPSA) is 84.2 Å². The predicted octanol–water partition coefficient (Wildman–Crippen LogP) is 0.769. The van der Waals surface area contributed by atoms with Crippen LogP contribution >= 0.6 is 0 Å². The molecule has 1 rings (SSSR count). The van der Waals surface area contributed by atoms with Crippen molar-refractivity contribution in [2.24, 2.45) is 0 Å². The van der Waals surface area contributed by atoms with Crippen LogP contribution in [0.5, 0.6) is 0 Å². The molecule has 0 radical (unpaired) electrons. The Morgan fingerprint density at radius 1 is 1.50 bits per heavy atom. The summed E-state index contributed by atoms with van der Waals surface area (Å²) in [5.41, 5.74) is 6.79. The summed E-state index contributed by atoms with van der Waals surface area (Å²) in [6, 6.07) is 6.58. The molecule has 0 saturated heterocycles. The molecular formula is C10H15N3O2S. The van der Waals surface area contributed by atoms with E-state index in [0.717, 1.165) is 0 Å². The second-order valence-electron chi connectivity index (χ2n) is 3.28. The van der Waals surface area contributed by atoms with E-state index in [-0.39, 0.29) is 6.03 Å². The fraction of sp³-hybridized carbons (Fsp3) is 0.300. The standard InChI is InChI=1S/C10H15N3O2S/c1-16(15)6-5-12-10(14)13-9-4-2-3-8(11)7-9/h2-4,7H,5-6,11H2,1H3,(H2,12,13,14). The van der Waals surface area contributed by atoms with Crippen molar-refractivity contribution < 1.29 is 9.00 Å². The summed E-state index contributed by atoms with van der Waals surface area (Å²) in [5, 5.41) is 5.23. The highest BCUT2D eigenvalue weighted by Gasteiger charge is 2.01. The Kier molecular flexibility index (Phi) is 4.78. The lowest BCUT2D eigenvalue weighted by atomic mass is 10.3. The smallest absolute Gasteiger partial charge is 0.319 e. The number of nitrogen functional groups attached to an aromatic ring is 1. The average Bonchev–Trinajstić information content (AvgIpc) is 2.16. The molecule has 0 aliphatic rings. The Labute approximate surface area is 96.9 Å². The number of nitrogens with one attached hydrogen (secondary N) is 2. The number of carbonyl (C=O) groups excluding carboxylic acids is 1. The molecule has 2 amide bonds. The zero-order valence-corrected chi connectivity index (χ0v) is 9.84. The molecule has 0 spiro atoms. The van der Waals surface area contributed by atoms with Crippen molar-refractivity contribution in [1.29, 1.82) is 0 Å². The third kappa shape index (κ3) is 4.79. The van der Waals surface area contributed by atoms with E-state index < -0.39 is 10.8 Å². The summed E-state index contributed by atoms with van der Waals surface area (Å²) in [7, 11) is -0.895. The molecule has 0 heterocycles. The van der Waals surface area contributed by atoms with E-state index in [1.165, 1.54) is 0 Å². The van der Waals surface area contributed by atoms with Crippen molar-refractivity contribution in [3.05, 3.63) is 24.3 Å². The van der Waals surface area contributed by atoms with Crippen LogP contribution in [0.25, 0.3) is 0 Å². The molecule has 0 aliphatic carbocycles. The van der Waals surface area contributed by atoms with E-state index in [0.29, 0.717) is 23.7 Å². The van der Waals surface area contributed by atoms with Gasteiger partial charge in [-0.1, -0.05) is 6.07 Å². The molecule has 6 heteroatoms. The molecule has 0 fully saturated rings. The molecule has 1 aromatic carbocycles. The molecule has 16 heavy (non-hydrogen) atoms. The van der Waals surface area contributed by atoms with Crippen LogP contribution in [0.15, 0.2) is 24.3 Å². The van der Waals surface area contributed by atoms with Crippen molar-refractivity contribution in [1.82, 2.24) is 5.32 Å². The molecule has 4 N–H and O–H groups in total. The summed E-state index contributed by atoms with van der Waals surface area (Å²) in [5.74, 6) is 0.449. The minimum absolute atomic E-state index is 0.323. The maximum Gasteiger partial charge on any atom is 0.319 e. The first-order valence-corrected chi connectivity index (χ1v) is 6.51. The maximum atomic E-state index is 11.3. The number of urea groups is 1. The van der Waals surface area contributed by atoms with Gasteiger partial charge in [0, 0.05) is 40.7 Å². The van der Waals surface area contributed by atoms with Crippen LogP contribution in [0.2, 0.25) is 0 Å². The van der Waals surface area contributed by atoms with Crippen molar-refractivity contribution in [2.75, 3.05) is 29.6 Å². The van der Waals surface area contributed by atoms with Crippen LogP contribution < -0.4 is 16.4 Å². The zero-order valence-electron chi connectivity index (χ0n) is 9.03. The maximum absolute atomic E-state index is 11.3. The third-order valence-electron chi connectivity index (χ3n) is 1.82. The van der Waals surface area contributed by atoms with E-state index in [1.54, 1.807) is 30.5 Å². The molecule has 0 bridgehead atoms. The summed E-state index contributed by atoms with van der Waals surface area (Å²) >= 11 is 0. The zero-order chi connectivity index (χ0) is 12.0. The molecule has 1 atom stereocenters. The molecule has 0 saturated carbocycles. The van der Waals surface area contributed by atoms with Crippen molar-refractivity contribution in [3.8, 4) is 0 Å². The van der Waals surface area contributed by atoms with Gasteiger partial charge in [-0.25, -0.2) is 4.79 Å². The highest BCUT2D eigenvalue weighted by atomic mass is 32.2. The van der Waals surface area contributed by atoms with Gasteiger partial charge in [-0.05, 0) is 18.2 Å². The Morgan fingerprint density at radius 3 is 2.88 bits per heavy atom. The summed E-state index contributed by atoms with van der Waals surface area (Å²) < 4.78 is 10.8. The number of hydrogen-bond donors (Lipinski definition) is 3. The summed E-state index contributed by atoms with van der Waals surface area (Å²) in [6.07, 6.45) is 1.59. The Bertz CT molecular complexity index is 395. The normalized spacial score (nSPS) is 11.8. The van der Waals surface area contributed by atoms with E-state index >= 15 is 0 Å². The van der Waals surface area contributed by atoms with Gasteiger partial charge in [0.2, 0.25) is 0 Å². The van der Waals surface area contributed by atoms with Crippen LogP contribution in [-0.2, 0) is 10.8 Å². The fourth-order valence-corrected chi connectivity index (χ4v) is 1.49. The van der Waals surface area contributed by atoms with E-state index in [4.69, 9.17) is 5.73 Å². The monoisotopic (exact) mass is 241 g/mol. The van der Waals surface area contributed by atoms with Gasteiger partial charge in [-0.2, -0.15) is 0 Å². The first kappa shape index (κ1) is 12.5. The molecule has 5 nitrogen and oxygen atoms in total. The predicted molar refractivity (Wildman–Crippen MR) is 66.8 cm³/mol. The summed E-state index contributed by atoms with van der Waals surface area (Å²) in [4.78, 5) is 11.3. The van der Waals surface area contributed by atoms with E-state index in [1.807, 2.05) is 0 Å². The van der Waals surface area contributed by atoms with Gasteiger partial charge in [0.05, 0.1) is 0 Å². The van der Waals surface area contributed by atoms with Gasteiger partial charge in [0.25, 0.3) is 0 Å². The minimum atomic E-state index is -0.895. The highest BCUT2D eigenvalue weighted by molar-refractivity contribution is 7.84. The Balaban J connectivity index is 2.37. The number of benzene rings is 1. The lowest BCUT2D eigenvalue weighted by Gasteiger charge is -2.07. The lowest BCUT2D eigenvalue weighted by Crippen LogP contribution is -2.31. The Morgan fingerprint density at radius 2 is 2.25 bits per heavy atom. The first-order valence-electron chi connectivity index (χ1n) is 4.78. The van der Waals surface area contributed by atoms with Crippen molar-refractivity contribution in [2.45, 2.75) is 0 Å². The number of rotatable bonds is 4. The number of anilines is 2. The molecule has 1 aromatic rings. The second kappa shape index (κ2) is 6.12. The van der Waals surface area contributed by atoms with E-state index in [9.17, 15) is 9.00 Å². The number of carbonyl (C=O) groups is 1. The van der Waals surface area contributed by atoms with E-state index in [2.05, 4.69) is 10.6 Å². The summed E-state index contributed by atoms with van der Waals surface area (Å²) in [6.45, 7) is 0.386. The molecule has 0 aliphatic heterocycles. The minimum Gasteiger partial charge on any atom is -0.399 e. The van der Waals surface area contributed by atoms with Crippen molar-refractivity contribution >= 4 is 28.2 Å². The molecule has 0 aromatic heterocycles. The van der Waals surface area contributed by atoms with Crippen LogP contribution in [0.3, 0.4) is 0 Å². The number of amides is 2. The first-order chi connectivity index (χ1) is 7.58. The third-order valence-corrected chi connectivity index (χ3v) is 2.60. The number of nitrogens with two attached hydrogens (primary N) is 1. The average molecular weight is 241 g/mol. The van der Waals surface area contributed by atoms with Crippen LogP contribution in [0.4, 0.5) is 16.2 Å². The fourth-order valence-electron chi connectivity index (χ4n) is 1.10. The Hall–Kier alpha value is -1.56.